The maximum absolute atomic E-state index is 8.06. The van der Waals surface area contributed by atoms with E-state index in [4.69, 9.17) is 7.48 Å². The molecule has 1 spiro atoms. The van der Waals surface area contributed by atoms with E-state index in [9.17, 15) is 0 Å². The molecule has 0 saturated heterocycles. The van der Waals surface area contributed by atoms with Gasteiger partial charge in [0, 0.05) is 17.0 Å². The lowest BCUT2D eigenvalue weighted by atomic mass is 9.62. The van der Waals surface area contributed by atoms with E-state index in [0.717, 1.165) is 34.9 Å². The summed E-state index contributed by atoms with van der Waals surface area (Å²) in [5.41, 5.74) is 3.27. The van der Waals surface area contributed by atoms with Crippen LogP contribution >= 0.6 is 15.9 Å². The molecule has 1 nitrogen and oxygen atoms in total. The molecule has 1 aromatic rings. The van der Waals surface area contributed by atoms with Gasteiger partial charge in [0.25, 0.3) is 0 Å². The molecule has 2 aliphatic rings. The van der Waals surface area contributed by atoms with Gasteiger partial charge in [0.05, 0.1) is 8.85 Å². The first-order valence-electron chi connectivity index (χ1n) is 8.37. The van der Waals surface area contributed by atoms with Crippen molar-refractivity contribution >= 4 is 21.5 Å². The predicted octanol–water partition coefficient (Wildman–Crippen LogP) is 5.09. The van der Waals surface area contributed by atoms with Gasteiger partial charge in [-0.2, -0.15) is 0 Å². The molecule has 20 heavy (non-hydrogen) atoms. The predicted molar refractivity (Wildman–Crippen MR) is 87.7 cm³/mol. The number of ether oxygens (including phenoxy) is 1. The lowest BCUT2D eigenvalue weighted by molar-refractivity contribution is -0.0363. The lowest BCUT2D eigenvalue weighted by Gasteiger charge is -2.45. The van der Waals surface area contributed by atoms with E-state index in [2.05, 4.69) is 48.0 Å². The monoisotopic (exact) mass is 336 g/mol. The average Bonchev–Trinajstić information content (AvgIpc) is 2.70. The molecule has 2 aliphatic carbocycles. The summed E-state index contributed by atoms with van der Waals surface area (Å²) >= 11 is 3.53. The molecular weight excluding hydrogens is 312 g/mol. The van der Waals surface area contributed by atoms with Crippen LogP contribution in [0.3, 0.4) is 0 Å². The average molecular weight is 337 g/mol. The quantitative estimate of drug-likeness (QED) is 0.694. The Kier molecular flexibility index (Phi) is 3.00. The van der Waals surface area contributed by atoms with E-state index >= 15 is 0 Å². The van der Waals surface area contributed by atoms with E-state index < -0.39 is 0 Å². The fourth-order valence-electron chi connectivity index (χ4n) is 4.60. The normalized spacial score (nSPS) is 37.6. The molecule has 1 fully saturated rings. The SMILES string of the molecule is [2H]C([2H])=C1c2cc(Br)ccc2CC12C[C@@H](C)C(OC)[C@@H](C)C2. The number of methoxy groups -OCH3 is 1. The molecule has 0 aromatic heterocycles. The molecule has 1 aromatic carbocycles. The first kappa shape index (κ1) is 12.0. The maximum atomic E-state index is 8.06. The Hall–Kier alpha value is -0.600. The van der Waals surface area contributed by atoms with Gasteiger partial charge in [0.2, 0.25) is 0 Å². The first-order chi connectivity index (χ1) is 10.4. The smallest absolute Gasteiger partial charge is 0.0623 e. The van der Waals surface area contributed by atoms with Crippen LogP contribution in [0.15, 0.2) is 29.2 Å². The molecule has 2 unspecified atom stereocenters. The van der Waals surface area contributed by atoms with Crippen molar-refractivity contribution in [1.29, 1.82) is 0 Å². The standard InChI is InChI=1S/C18H23BrO/c1-11-8-18(9-12(2)17(11)20-4)10-14-5-6-15(19)7-16(14)13(18)3/h5-7,11-12,17H,3,8-10H2,1-2,4H3/t11-,12+,17?,18?/i3D2. The second kappa shape index (κ2) is 4.99. The van der Waals surface area contributed by atoms with Crippen LogP contribution in [0.5, 0.6) is 0 Å². The van der Waals surface area contributed by atoms with Crippen molar-refractivity contribution in [3.63, 3.8) is 0 Å². The summed E-state index contributed by atoms with van der Waals surface area (Å²) < 4.78 is 22.8. The number of benzene rings is 1. The minimum atomic E-state index is -0.0597. The zero-order valence-corrected chi connectivity index (χ0v) is 14.0. The Morgan fingerprint density at radius 2 is 2.05 bits per heavy atom. The fraction of sp³-hybridized carbons (Fsp3) is 0.556. The van der Waals surface area contributed by atoms with Gasteiger partial charge < -0.3 is 4.74 Å². The van der Waals surface area contributed by atoms with Crippen molar-refractivity contribution in [2.75, 3.05) is 7.11 Å². The van der Waals surface area contributed by atoms with Crippen LogP contribution in [0, 0.1) is 17.3 Å². The van der Waals surface area contributed by atoms with Crippen LogP contribution < -0.4 is 0 Å². The fourth-order valence-corrected chi connectivity index (χ4v) is 4.96. The molecule has 1 saturated carbocycles. The van der Waals surface area contributed by atoms with Gasteiger partial charge in [-0.25, -0.2) is 0 Å². The highest BCUT2D eigenvalue weighted by molar-refractivity contribution is 9.10. The minimum absolute atomic E-state index is 0.0212. The summed E-state index contributed by atoms with van der Waals surface area (Å²) in [5, 5.41) is 0. The van der Waals surface area contributed by atoms with Gasteiger partial charge in [-0.15, -0.1) is 0 Å². The van der Waals surface area contributed by atoms with Crippen LogP contribution in [0.1, 0.15) is 40.6 Å². The zero-order valence-electron chi connectivity index (χ0n) is 14.4. The van der Waals surface area contributed by atoms with E-state index in [1.165, 1.54) is 5.56 Å². The van der Waals surface area contributed by atoms with Gasteiger partial charge in [-0.05, 0) is 59.9 Å². The Labute approximate surface area is 133 Å². The number of hydrogen-bond acceptors (Lipinski definition) is 1. The van der Waals surface area contributed by atoms with Crippen molar-refractivity contribution < 1.29 is 7.48 Å². The lowest BCUT2D eigenvalue weighted by Crippen LogP contribution is -2.41. The highest BCUT2D eigenvalue weighted by Gasteiger charge is 2.48. The zero-order chi connectivity index (χ0) is 16.1. The Morgan fingerprint density at radius 3 is 2.65 bits per heavy atom. The molecule has 0 amide bonds. The largest absolute Gasteiger partial charge is 0.381 e. The molecule has 0 bridgehead atoms. The first-order valence-corrected chi connectivity index (χ1v) is 8.17. The summed E-state index contributed by atoms with van der Waals surface area (Å²) in [6.07, 6.45) is 3.23. The van der Waals surface area contributed by atoms with Crippen LogP contribution in [-0.2, 0) is 11.2 Å². The van der Waals surface area contributed by atoms with Gasteiger partial charge in [0.1, 0.15) is 0 Å². The number of hydrogen-bond donors (Lipinski definition) is 0. The van der Waals surface area contributed by atoms with E-state index in [-0.39, 0.29) is 18.0 Å². The van der Waals surface area contributed by atoms with Crippen molar-refractivity contribution in [3.05, 3.63) is 40.3 Å². The summed E-state index contributed by atoms with van der Waals surface area (Å²) in [4.78, 5) is 0. The molecule has 3 rings (SSSR count). The van der Waals surface area contributed by atoms with E-state index in [1.807, 2.05) is 0 Å². The van der Waals surface area contributed by atoms with Crippen LogP contribution in [0.25, 0.3) is 5.57 Å². The Morgan fingerprint density at radius 1 is 1.35 bits per heavy atom. The van der Waals surface area contributed by atoms with Gasteiger partial charge in [0.15, 0.2) is 0 Å². The molecular formula is C18H23BrO. The van der Waals surface area contributed by atoms with Gasteiger partial charge in [-0.1, -0.05) is 42.4 Å². The second-order valence-electron chi connectivity index (χ2n) is 6.70. The molecule has 108 valence electrons. The van der Waals surface area contributed by atoms with Gasteiger partial charge in [-0.3, -0.25) is 0 Å². The second-order valence-corrected chi connectivity index (χ2v) is 7.61. The number of allylic oxidation sites excluding steroid dienone is 1. The molecule has 0 heterocycles. The summed E-state index contributed by atoms with van der Waals surface area (Å²) in [6.45, 7) is 4.47. The van der Waals surface area contributed by atoms with E-state index in [0.29, 0.717) is 11.8 Å². The van der Waals surface area contributed by atoms with Crippen molar-refractivity contribution in [2.24, 2.45) is 17.3 Å². The number of rotatable bonds is 1. The van der Waals surface area contributed by atoms with Crippen LogP contribution in [0.2, 0.25) is 0 Å². The van der Waals surface area contributed by atoms with Gasteiger partial charge >= 0.3 is 0 Å². The van der Waals surface area contributed by atoms with Crippen molar-refractivity contribution in [1.82, 2.24) is 0 Å². The minimum Gasteiger partial charge on any atom is -0.381 e. The molecule has 0 N–H and O–H groups in total. The number of fused-ring (bicyclic) bond motifs is 1. The van der Waals surface area contributed by atoms with Crippen molar-refractivity contribution in [2.45, 2.75) is 39.2 Å². The molecule has 0 aliphatic heterocycles. The summed E-state index contributed by atoms with van der Waals surface area (Å²) in [5.74, 6) is 0.890. The highest BCUT2D eigenvalue weighted by atomic mass is 79.9. The molecule has 2 heteroatoms. The Balaban J connectivity index is 2.07. The van der Waals surface area contributed by atoms with Crippen LogP contribution in [0.4, 0.5) is 0 Å². The number of halogens is 1. The molecule has 0 radical (unpaired) electrons. The topological polar surface area (TPSA) is 9.23 Å². The third-order valence-electron chi connectivity index (χ3n) is 5.22. The summed E-state index contributed by atoms with van der Waals surface area (Å²) in [7, 11) is 1.80. The maximum Gasteiger partial charge on any atom is 0.0623 e. The van der Waals surface area contributed by atoms with Crippen LogP contribution in [-0.4, -0.2) is 13.2 Å². The Bertz CT molecular complexity index is 610. The third kappa shape index (κ3) is 2.08. The molecule has 4 atom stereocenters. The summed E-state index contributed by atoms with van der Waals surface area (Å²) in [6, 6.07) is 6.30. The highest BCUT2D eigenvalue weighted by Crippen LogP contribution is 2.57. The van der Waals surface area contributed by atoms with Crippen molar-refractivity contribution in [3.8, 4) is 0 Å². The third-order valence-corrected chi connectivity index (χ3v) is 5.71. The van der Waals surface area contributed by atoms with E-state index in [1.54, 1.807) is 7.11 Å².